The molecule has 0 bridgehead atoms. The van der Waals surface area contributed by atoms with Gasteiger partial charge in [0.2, 0.25) is 0 Å². The lowest BCUT2D eigenvalue weighted by Gasteiger charge is -2.18. The fourth-order valence-electron chi connectivity index (χ4n) is 3.07. The van der Waals surface area contributed by atoms with Crippen LogP contribution in [-0.4, -0.2) is 42.6 Å². The van der Waals surface area contributed by atoms with Gasteiger partial charge in [0.05, 0.1) is 12.4 Å². The molecule has 0 unspecified atom stereocenters. The van der Waals surface area contributed by atoms with Gasteiger partial charge in [0, 0.05) is 38.1 Å². The minimum atomic E-state index is -0.241. The molecular weight excluding hydrogens is 326 g/mol. The Morgan fingerprint density at radius 3 is 2.50 bits per heavy atom. The maximum absolute atomic E-state index is 12.4. The number of carbonyl (C=O) groups excluding carboxylic acids is 1. The van der Waals surface area contributed by atoms with Gasteiger partial charge in [0.1, 0.15) is 11.5 Å². The van der Waals surface area contributed by atoms with Crippen LogP contribution < -0.4 is 15.1 Å². The zero-order valence-corrected chi connectivity index (χ0v) is 15.6. The highest BCUT2D eigenvalue weighted by molar-refractivity contribution is 6.02. The summed E-state index contributed by atoms with van der Waals surface area (Å²) in [6.45, 7) is 5.31. The second kappa shape index (κ2) is 8.65. The second-order valence-corrected chi connectivity index (χ2v) is 6.73. The molecule has 0 atom stereocenters. The Bertz CT molecular complexity index is 708. The first-order chi connectivity index (χ1) is 12.7. The van der Waals surface area contributed by atoms with Gasteiger partial charge in [-0.2, -0.15) is 0 Å². The predicted molar refractivity (Wildman–Crippen MR) is 106 cm³/mol. The molecule has 138 valence electrons. The average Bonchev–Trinajstić information content (AvgIpc) is 3.21. The summed E-state index contributed by atoms with van der Waals surface area (Å²) in [7, 11) is 1.99. The van der Waals surface area contributed by atoms with Crippen molar-refractivity contribution in [2.24, 2.45) is 0 Å². The van der Waals surface area contributed by atoms with E-state index in [1.807, 2.05) is 19.2 Å². The summed E-state index contributed by atoms with van der Waals surface area (Å²) in [6, 6.07) is 7.98. The highest BCUT2D eigenvalue weighted by Crippen LogP contribution is 2.22. The average molecular weight is 353 g/mol. The largest absolute Gasteiger partial charge is 0.372 e. The van der Waals surface area contributed by atoms with Crippen LogP contribution in [-0.2, 0) is 0 Å². The van der Waals surface area contributed by atoms with Crippen LogP contribution in [0, 0.1) is 0 Å². The van der Waals surface area contributed by atoms with Crippen LogP contribution in [0.5, 0.6) is 0 Å². The van der Waals surface area contributed by atoms with E-state index < -0.39 is 0 Å². The maximum atomic E-state index is 12.4. The van der Waals surface area contributed by atoms with E-state index in [0.717, 1.165) is 44.0 Å². The summed E-state index contributed by atoms with van der Waals surface area (Å²) < 4.78 is 0. The van der Waals surface area contributed by atoms with Crippen molar-refractivity contribution in [1.29, 1.82) is 0 Å². The summed E-state index contributed by atoms with van der Waals surface area (Å²) in [6.07, 6.45) is 7.93. The van der Waals surface area contributed by atoms with Gasteiger partial charge in [0.15, 0.2) is 0 Å². The van der Waals surface area contributed by atoms with Gasteiger partial charge in [-0.1, -0.05) is 13.3 Å². The Labute approximate surface area is 155 Å². The van der Waals surface area contributed by atoms with Gasteiger partial charge in [-0.25, -0.2) is 9.97 Å². The van der Waals surface area contributed by atoms with Crippen LogP contribution in [0.2, 0.25) is 0 Å². The molecule has 26 heavy (non-hydrogen) atoms. The highest BCUT2D eigenvalue weighted by atomic mass is 16.1. The van der Waals surface area contributed by atoms with Crippen molar-refractivity contribution in [1.82, 2.24) is 9.97 Å². The summed E-state index contributed by atoms with van der Waals surface area (Å²) in [5.41, 5.74) is 2.30. The van der Waals surface area contributed by atoms with E-state index in [1.54, 1.807) is 6.20 Å². The minimum Gasteiger partial charge on any atom is -0.372 e. The monoisotopic (exact) mass is 353 g/mol. The van der Waals surface area contributed by atoms with Gasteiger partial charge in [-0.15, -0.1) is 0 Å². The molecule has 2 aromatic rings. The number of anilines is 3. The van der Waals surface area contributed by atoms with Crippen molar-refractivity contribution in [2.75, 3.05) is 41.8 Å². The minimum absolute atomic E-state index is 0.241. The molecule has 1 aliphatic heterocycles. The lowest BCUT2D eigenvalue weighted by atomic mass is 10.2. The second-order valence-electron chi connectivity index (χ2n) is 6.73. The maximum Gasteiger partial charge on any atom is 0.275 e. The number of hydrogen-bond donors (Lipinski definition) is 1. The molecule has 1 fully saturated rings. The normalized spacial score (nSPS) is 13.7. The van der Waals surface area contributed by atoms with Gasteiger partial charge < -0.3 is 15.1 Å². The van der Waals surface area contributed by atoms with Crippen molar-refractivity contribution < 1.29 is 4.79 Å². The molecule has 1 N–H and O–H groups in total. The summed E-state index contributed by atoms with van der Waals surface area (Å²) >= 11 is 0. The van der Waals surface area contributed by atoms with E-state index in [9.17, 15) is 4.79 Å². The van der Waals surface area contributed by atoms with Crippen LogP contribution in [0.15, 0.2) is 36.7 Å². The molecule has 6 heteroatoms. The number of amides is 1. The van der Waals surface area contributed by atoms with E-state index in [4.69, 9.17) is 0 Å². The Morgan fingerprint density at radius 2 is 1.88 bits per heavy atom. The SMILES string of the molecule is CCCCN(C)c1cnc(C(=O)Nc2ccc(N3CCCC3)cc2)cn1. The van der Waals surface area contributed by atoms with Crippen LogP contribution in [0.1, 0.15) is 43.1 Å². The molecule has 1 saturated heterocycles. The Kier molecular flexibility index (Phi) is 6.04. The topological polar surface area (TPSA) is 61.4 Å². The number of hydrogen-bond acceptors (Lipinski definition) is 5. The molecular formula is C20H27N5O. The van der Waals surface area contributed by atoms with Crippen LogP contribution >= 0.6 is 0 Å². The standard InChI is InChI=1S/C20H27N5O/c1-3-4-11-24(2)19-15-21-18(14-22-19)20(26)23-16-7-9-17(10-8-16)25-12-5-6-13-25/h7-10,14-15H,3-6,11-13H2,1-2H3,(H,23,26). The van der Waals surface area contributed by atoms with Crippen molar-refractivity contribution in [2.45, 2.75) is 32.6 Å². The van der Waals surface area contributed by atoms with Crippen molar-refractivity contribution >= 4 is 23.1 Å². The Morgan fingerprint density at radius 1 is 1.15 bits per heavy atom. The lowest BCUT2D eigenvalue weighted by Crippen LogP contribution is -2.21. The molecule has 3 rings (SSSR count). The van der Waals surface area contributed by atoms with E-state index in [-0.39, 0.29) is 5.91 Å². The molecule has 1 aliphatic rings. The van der Waals surface area contributed by atoms with Gasteiger partial charge in [0.25, 0.3) is 5.91 Å². The fraction of sp³-hybridized carbons (Fsp3) is 0.450. The molecule has 0 aliphatic carbocycles. The third-order valence-corrected chi connectivity index (χ3v) is 4.71. The fourth-order valence-corrected chi connectivity index (χ4v) is 3.07. The van der Waals surface area contributed by atoms with E-state index >= 15 is 0 Å². The Balaban J connectivity index is 1.59. The van der Waals surface area contributed by atoms with Gasteiger partial charge in [-0.05, 0) is 43.5 Å². The zero-order valence-electron chi connectivity index (χ0n) is 15.6. The number of nitrogens with one attached hydrogen (secondary N) is 1. The van der Waals surface area contributed by atoms with Crippen molar-refractivity contribution in [3.63, 3.8) is 0 Å². The van der Waals surface area contributed by atoms with Crippen LogP contribution in [0.25, 0.3) is 0 Å². The lowest BCUT2D eigenvalue weighted by molar-refractivity contribution is 0.102. The molecule has 1 amide bonds. The molecule has 0 saturated carbocycles. The molecule has 1 aromatic heterocycles. The summed E-state index contributed by atoms with van der Waals surface area (Å²) in [5.74, 6) is 0.541. The van der Waals surface area contributed by atoms with Gasteiger partial charge in [-0.3, -0.25) is 4.79 Å². The number of benzene rings is 1. The Hall–Kier alpha value is -2.63. The predicted octanol–water partition coefficient (Wildman–Crippen LogP) is 3.57. The summed E-state index contributed by atoms with van der Waals surface area (Å²) in [4.78, 5) is 25.4. The quantitative estimate of drug-likeness (QED) is 0.824. The molecule has 2 heterocycles. The molecule has 0 spiro atoms. The molecule has 0 radical (unpaired) electrons. The number of nitrogens with zero attached hydrogens (tertiary/aromatic N) is 4. The van der Waals surface area contributed by atoms with Gasteiger partial charge >= 0.3 is 0 Å². The van der Waals surface area contributed by atoms with Crippen molar-refractivity contribution in [3.8, 4) is 0 Å². The van der Waals surface area contributed by atoms with Crippen LogP contribution in [0.4, 0.5) is 17.2 Å². The van der Waals surface area contributed by atoms with Crippen LogP contribution in [0.3, 0.4) is 0 Å². The van der Waals surface area contributed by atoms with E-state index in [0.29, 0.717) is 5.69 Å². The smallest absolute Gasteiger partial charge is 0.275 e. The number of unbranched alkanes of at least 4 members (excludes halogenated alkanes) is 1. The first kappa shape index (κ1) is 18.2. The number of rotatable bonds is 7. The third-order valence-electron chi connectivity index (χ3n) is 4.71. The summed E-state index contributed by atoms with van der Waals surface area (Å²) in [5, 5.41) is 2.89. The van der Waals surface area contributed by atoms with E-state index in [1.165, 1.54) is 24.7 Å². The zero-order chi connectivity index (χ0) is 18.4. The highest BCUT2D eigenvalue weighted by Gasteiger charge is 2.13. The number of aromatic nitrogens is 2. The molecule has 6 nitrogen and oxygen atoms in total. The third kappa shape index (κ3) is 4.50. The molecule has 1 aromatic carbocycles. The first-order valence-electron chi connectivity index (χ1n) is 9.37. The number of carbonyl (C=O) groups is 1. The first-order valence-corrected chi connectivity index (χ1v) is 9.37. The van der Waals surface area contributed by atoms with Crippen molar-refractivity contribution in [3.05, 3.63) is 42.4 Å². The van der Waals surface area contributed by atoms with E-state index in [2.05, 4.69) is 44.1 Å².